The number of hydrogen-bond acceptors (Lipinski definition) is 4. The molecule has 4 rings (SSSR count). The Morgan fingerprint density at radius 3 is 2.63 bits per heavy atom. The summed E-state index contributed by atoms with van der Waals surface area (Å²) in [5.74, 6) is 1.61. The van der Waals surface area contributed by atoms with Crippen molar-refractivity contribution in [3.63, 3.8) is 0 Å². The first-order chi connectivity index (χ1) is 14.5. The van der Waals surface area contributed by atoms with Crippen molar-refractivity contribution in [2.24, 2.45) is 5.92 Å². The van der Waals surface area contributed by atoms with Crippen LogP contribution in [-0.4, -0.2) is 42.6 Å². The fourth-order valence-electron chi connectivity index (χ4n) is 4.10. The average molecular weight is 413 g/mol. The van der Waals surface area contributed by atoms with Crippen LogP contribution in [-0.2, 0) is 0 Å². The van der Waals surface area contributed by atoms with Gasteiger partial charge in [0, 0.05) is 42.7 Å². The maximum atomic E-state index is 14.6. The molecule has 5 nitrogen and oxygen atoms in total. The van der Waals surface area contributed by atoms with Crippen molar-refractivity contribution in [2.75, 3.05) is 26.8 Å². The van der Waals surface area contributed by atoms with Crippen molar-refractivity contribution in [1.82, 2.24) is 9.88 Å². The van der Waals surface area contributed by atoms with E-state index in [-0.39, 0.29) is 17.4 Å². The van der Waals surface area contributed by atoms with E-state index in [1.807, 2.05) is 19.2 Å². The van der Waals surface area contributed by atoms with E-state index < -0.39 is 5.82 Å². The molecular formula is C24H29FN2O3. The van der Waals surface area contributed by atoms with Crippen LogP contribution in [0.2, 0.25) is 0 Å². The monoisotopic (exact) mass is 412 g/mol. The molecule has 1 aromatic heterocycles. The van der Waals surface area contributed by atoms with Crippen LogP contribution >= 0.6 is 0 Å². The standard InChI is InChI=1S/C24H29FN2O3/c1-16-13-23(29-2)21(15-26-16)18-7-10-27(11-8-18)24(28)20-6-5-19(14-22(20)25)30-12-9-17-3-4-17/h5-6,13-15,17-18H,3-4,7-12H2,1-2H3. The van der Waals surface area contributed by atoms with Crippen LogP contribution in [0.4, 0.5) is 4.39 Å². The van der Waals surface area contributed by atoms with Gasteiger partial charge in [-0.05, 0) is 50.2 Å². The molecule has 2 fully saturated rings. The predicted molar refractivity (Wildman–Crippen MR) is 113 cm³/mol. The third kappa shape index (κ3) is 4.74. The first-order valence-electron chi connectivity index (χ1n) is 10.8. The molecule has 0 atom stereocenters. The van der Waals surface area contributed by atoms with Gasteiger partial charge < -0.3 is 14.4 Å². The number of ether oxygens (including phenoxy) is 2. The average Bonchev–Trinajstić information content (AvgIpc) is 3.58. The minimum Gasteiger partial charge on any atom is -0.496 e. The van der Waals surface area contributed by atoms with Gasteiger partial charge in [-0.1, -0.05) is 12.8 Å². The minimum atomic E-state index is -0.518. The van der Waals surface area contributed by atoms with Crippen molar-refractivity contribution in [2.45, 2.75) is 44.9 Å². The van der Waals surface area contributed by atoms with E-state index in [0.29, 0.717) is 25.4 Å². The number of rotatable bonds is 7. The summed E-state index contributed by atoms with van der Waals surface area (Å²) in [6, 6.07) is 6.51. The first kappa shape index (κ1) is 20.6. The van der Waals surface area contributed by atoms with Gasteiger partial charge in [-0.25, -0.2) is 4.39 Å². The van der Waals surface area contributed by atoms with Crippen LogP contribution in [0.5, 0.6) is 11.5 Å². The summed E-state index contributed by atoms with van der Waals surface area (Å²) in [6.07, 6.45) is 7.04. The van der Waals surface area contributed by atoms with Crippen LogP contribution in [0.1, 0.15) is 59.6 Å². The van der Waals surface area contributed by atoms with Gasteiger partial charge in [0.1, 0.15) is 17.3 Å². The van der Waals surface area contributed by atoms with Gasteiger partial charge in [0.15, 0.2) is 0 Å². The molecule has 1 saturated heterocycles. The number of carbonyl (C=O) groups excluding carboxylic acids is 1. The number of piperidine rings is 1. The zero-order valence-electron chi connectivity index (χ0n) is 17.7. The van der Waals surface area contributed by atoms with Gasteiger partial charge >= 0.3 is 0 Å². The largest absolute Gasteiger partial charge is 0.496 e. The van der Waals surface area contributed by atoms with E-state index in [9.17, 15) is 9.18 Å². The molecule has 2 aliphatic rings. The maximum absolute atomic E-state index is 14.6. The lowest BCUT2D eigenvalue weighted by Gasteiger charge is -2.32. The summed E-state index contributed by atoms with van der Waals surface area (Å²) in [7, 11) is 1.67. The number of aryl methyl sites for hydroxylation is 1. The molecule has 1 amide bonds. The zero-order chi connectivity index (χ0) is 21.1. The second-order valence-corrected chi connectivity index (χ2v) is 8.36. The Balaban J connectivity index is 1.35. The highest BCUT2D eigenvalue weighted by atomic mass is 19.1. The lowest BCUT2D eigenvalue weighted by Crippen LogP contribution is -2.38. The number of halogens is 1. The molecular weight excluding hydrogens is 383 g/mol. The molecule has 1 aliphatic carbocycles. The Hall–Kier alpha value is -2.63. The second-order valence-electron chi connectivity index (χ2n) is 8.36. The summed E-state index contributed by atoms with van der Waals surface area (Å²) in [4.78, 5) is 19.0. The van der Waals surface area contributed by atoms with E-state index in [2.05, 4.69) is 4.98 Å². The summed E-state index contributed by atoms with van der Waals surface area (Å²) < 4.78 is 25.7. The third-order valence-corrected chi connectivity index (χ3v) is 6.14. The lowest BCUT2D eigenvalue weighted by atomic mass is 9.89. The Morgan fingerprint density at radius 1 is 1.20 bits per heavy atom. The van der Waals surface area contributed by atoms with Crippen molar-refractivity contribution in [3.05, 3.63) is 53.1 Å². The van der Waals surface area contributed by atoms with Gasteiger partial charge in [0.2, 0.25) is 0 Å². The summed E-state index contributed by atoms with van der Waals surface area (Å²) in [5, 5.41) is 0. The van der Waals surface area contributed by atoms with Crippen molar-refractivity contribution in [1.29, 1.82) is 0 Å². The molecule has 6 heteroatoms. The van der Waals surface area contributed by atoms with Crippen LogP contribution in [0.25, 0.3) is 0 Å². The van der Waals surface area contributed by atoms with Crippen LogP contribution < -0.4 is 9.47 Å². The number of nitrogens with zero attached hydrogens (tertiary/aromatic N) is 2. The van der Waals surface area contributed by atoms with E-state index in [4.69, 9.17) is 9.47 Å². The molecule has 2 heterocycles. The predicted octanol–water partition coefficient (Wildman–Crippen LogP) is 4.74. The van der Waals surface area contributed by atoms with Crippen molar-refractivity contribution >= 4 is 5.91 Å². The number of likely N-dealkylation sites (tertiary alicyclic amines) is 1. The third-order valence-electron chi connectivity index (χ3n) is 6.14. The Morgan fingerprint density at radius 2 is 1.97 bits per heavy atom. The molecule has 1 aliphatic heterocycles. The quantitative estimate of drug-likeness (QED) is 0.659. The van der Waals surface area contributed by atoms with Gasteiger partial charge in [0.25, 0.3) is 5.91 Å². The molecule has 2 aromatic rings. The van der Waals surface area contributed by atoms with Crippen molar-refractivity contribution in [3.8, 4) is 11.5 Å². The molecule has 1 saturated carbocycles. The maximum Gasteiger partial charge on any atom is 0.256 e. The van der Waals surface area contributed by atoms with Gasteiger partial charge in [-0.3, -0.25) is 9.78 Å². The molecule has 1 aromatic carbocycles. The molecule has 0 unspecified atom stereocenters. The smallest absolute Gasteiger partial charge is 0.256 e. The second kappa shape index (κ2) is 9.02. The number of aromatic nitrogens is 1. The van der Waals surface area contributed by atoms with E-state index >= 15 is 0 Å². The number of hydrogen-bond donors (Lipinski definition) is 0. The van der Waals surface area contributed by atoms with E-state index in [0.717, 1.165) is 42.2 Å². The Kier molecular flexibility index (Phi) is 6.21. The van der Waals surface area contributed by atoms with Crippen LogP contribution in [0.3, 0.4) is 0 Å². The Labute approximate surface area is 177 Å². The molecule has 160 valence electrons. The molecule has 0 N–H and O–H groups in total. The number of benzene rings is 1. The molecule has 0 spiro atoms. The number of carbonyl (C=O) groups is 1. The molecule has 0 bridgehead atoms. The highest BCUT2D eigenvalue weighted by molar-refractivity contribution is 5.94. The number of pyridine rings is 1. The van der Waals surface area contributed by atoms with Gasteiger partial charge in [-0.15, -0.1) is 0 Å². The summed E-state index contributed by atoms with van der Waals surface area (Å²) in [5.41, 5.74) is 2.10. The van der Waals surface area contributed by atoms with Crippen molar-refractivity contribution < 1.29 is 18.7 Å². The minimum absolute atomic E-state index is 0.109. The molecule has 0 radical (unpaired) electrons. The summed E-state index contributed by atoms with van der Waals surface area (Å²) in [6.45, 7) is 3.70. The number of methoxy groups -OCH3 is 1. The normalized spacial score (nSPS) is 17.1. The highest BCUT2D eigenvalue weighted by Gasteiger charge is 2.28. The lowest BCUT2D eigenvalue weighted by molar-refractivity contribution is 0.0707. The van der Waals surface area contributed by atoms with Gasteiger partial charge in [0.05, 0.1) is 19.3 Å². The topological polar surface area (TPSA) is 51.7 Å². The van der Waals surface area contributed by atoms with Gasteiger partial charge in [-0.2, -0.15) is 0 Å². The highest BCUT2D eigenvalue weighted by Crippen LogP contribution is 2.35. The first-order valence-corrected chi connectivity index (χ1v) is 10.8. The Bertz CT molecular complexity index is 905. The molecule has 30 heavy (non-hydrogen) atoms. The van der Waals surface area contributed by atoms with E-state index in [1.54, 1.807) is 24.1 Å². The fourth-order valence-corrected chi connectivity index (χ4v) is 4.10. The summed E-state index contributed by atoms with van der Waals surface area (Å²) >= 11 is 0. The fraction of sp³-hybridized carbons (Fsp3) is 0.500. The van der Waals surface area contributed by atoms with Crippen LogP contribution in [0.15, 0.2) is 30.5 Å². The number of amides is 1. The SMILES string of the molecule is COc1cc(C)ncc1C1CCN(C(=O)c2ccc(OCCC3CC3)cc2F)CC1. The van der Waals surface area contributed by atoms with E-state index in [1.165, 1.54) is 18.9 Å². The van der Waals surface area contributed by atoms with Crippen LogP contribution in [0, 0.1) is 18.7 Å². The zero-order valence-corrected chi connectivity index (χ0v) is 17.7.